The highest BCUT2D eigenvalue weighted by Gasteiger charge is 2.33. The van der Waals surface area contributed by atoms with E-state index in [1.807, 2.05) is 24.5 Å². The normalized spacial score (nSPS) is 17.2. The van der Waals surface area contributed by atoms with E-state index in [1.54, 1.807) is 7.11 Å². The quantitative estimate of drug-likeness (QED) is 0.872. The summed E-state index contributed by atoms with van der Waals surface area (Å²) in [5.74, 6) is 1.66. The summed E-state index contributed by atoms with van der Waals surface area (Å²) in [6.45, 7) is 2.22. The monoisotopic (exact) mass is 282 g/mol. The highest BCUT2D eigenvalue weighted by atomic mass is 16.5. The molecule has 0 bridgehead atoms. The zero-order chi connectivity index (χ0) is 14.7. The van der Waals surface area contributed by atoms with Gasteiger partial charge in [0.15, 0.2) is 0 Å². The highest BCUT2D eigenvalue weighted by Crippen LogP contribution is 2.42. The number of nitrogens with one attached hydrogen (secondary N) is 1. The fourth-order valence-electron chi connectivity index (χ4n) is 2.76. The average Bonchev–Trinajstić information content (AvgIpc) is 3.38. The van der Waals surface area contributed by atoms with Crippen molar-refractivity contribution in [2.24, 2.45) is 5.92 Å². The number of methoxy groups -OCH3 is 1. The number of pyridine rings is 1. The fourth-order valence-corrected chi connectivity index (χ4v) is 2.76. The third-order valence-corrected chi connectivity index (χ3v) is 4.20. The van der Waals surface area contributed by atoms with E-state index in [9.17, 15) is 0 Å². The molecular formula is C18H22N2O. The summed E-state index contributed by atoms with van der Waals surface area (Å²) in [5, 5.41) is 3.78. The van der Waals surface area contributed by atoms with Crippen molar-refractivity contribution >= 4 is 0 Å². The Bertz CT molecular complexity index is 564. The van der Waals surface area contributed by atoms with Crippen LogP contribution in [0.3, 0.4) is 0 Å². The minimum atomic E-state index is 0.320. The molecule has 0 radical (unpaired) electrons. The molecule has 2 unspecified atom stereocenters. The molecule has 1 aromatic heterocycles. The van der Waals surface area contributed by atoms with Crippen molar-refractivity contribution in [2.45, 2.75) is 31.8 Å². The Morgan fingerprint density at radius 1 is 1.05 bits per heavy atom. The topological polar surface area (TPSA) is 34.1 Å². The molecule has 0 saturated heterocycles. The van der Waals surface area contributed by atoms with Gasteiger partial charge in [-0.1, -0.05) is 12.1 Å². The van der Waals surface area contributed by atoms with Crippen LogP contribution in [0.2, 0.25) is 0 Å². The molecule has 1 heterocycles. The molecular weight excluding hydrogens is 260 g/mol. The maximum atomic E-state index is 5.25. The summed E-state index contributed by atoms with van der Waals surface area (Å²) in [7, 11) is 1.71. The molecule has 0 amide bonds. The lowest BCUT2D eigenvalue weighted by atomic mass is 10.00. The minimum Gasteiger partial charge on any atom is -0.497 e. The number of hydrogen-bond acceptors (Lipinski definition) is 3. The molecule has 1 fully saturated rings. The van der Waals surface area contributed by atoms with Gasteiger partial charge < -0.3 is 10.1 Å². The van der Waals surface area contributed by atoms with Crippen molar-refractivity contribution in [3.05, 3.63) is 59.9 Å². The molecule has 3 nitrogen and oxygen atoms in total. The molecule has 1 aliphatic rings. The van der Waals surface area contributed by atoms with Crippen LogP contribution in [-0.2, 0) is 0 Å². The molecule has 21 heavy (non-hydrogen) atoms. The molecule has 2 aromatic rings. The zero-order valence-corrected chi connectivity index (χ0v) is 12.6. The Morgan fingerprint density at radius 3 is 2.29 bits per heavy atom. The van der Waals surface area contributed by atoms with Crippen LogP contribution in [0.5, 0.6) is 5.75 Å². The summed E-state index contributed by atoms with van der Waals surface area (Å²) >= 11 is 0. The maximum absolute atomic E-state index is 5.25. The van der Waals surface area contributed by atoms with Crippen molar-refractivity contribution in [1.29, 1.82) is 0 Å². The second-order valence-corrected chi connectivity index (χ2v) is 5.76. The van der Waals surface area contributed by atoms with E-state index >= 15 is 0 Å². The van der Waals surface area contributed by atoms with E-state index in [0.29, 0.717) is 12.1 Å². The van der Waals surface area contributed by atoms with Crippen LogP contribution in [-0.4, -0.2) is 12.1 Å². The van der Waals surface area contributed by atoms with E-state index in [1.165, 1.54) is 24.0 Å². The largest absolute Gasteiger partial charge is 0.497 e. The predicted octanol–water partition coefficient (Wildman–Crippen LogP) is 3.89. The van der Waals surface area contributed by atoms with Gasteiger partial charge in [-0.05, 0) is 61.1 Å². The number of aromatic nitrogens is 1. The lowest BCUT2D eigenvalue weighted by molar-refractivity contribution is 0.411. The molecule has 0 spiro atoms. The lowest BCUT2D eigenvalue weighted by Crippen LogP contribution is -2.26. The zero-order valence-electron chi connectivity index (χ0n) is 12.6. The average molecular weight is 282 g/mol. The Labute approximate surface area is 126 Å². The summed E-state index contributed by atoms with van der Waals surface area (Å²) in [6.07, 6.45) is 6.33. The smallest absolute Gasteiger partial charge is 0.118 e. The van der Waals surface area contributed by atoms with Gasteiger partial charge >= 0.3 is 0 Å². The number of benzene rings is 1. The van der Waals surface area contributed by atoms with Gasteiger partial charge in [-0.2, -0.15) is 0 Å². The Kier molecular flexibility index (Phi) is 4.20. The number of nitrogens with zero attached hydrogens (tertiary/aromatic N) is 1. The van der Waals surface area contributed by atoms with Gasteiger partial charge in [-0.15, -0.1) is 0 Å². The third kappa shape index (κ3) is 3.42. The van der Waals surface area contributed by atoms with Gasteiger partial charge in [0.2, 0.25) is 0 Å². The van der Waals surface area contributed by atoms with Crippen molar-refractivity contribution in [2.75, 3.05) is 7.11 Å². The molecule has 0 aliphatic heterocycles. The molecule has 1 aromatic carbocycles. The van der Waals surface area contributed by atoms with Crippen LogP contribution >= 0.6 is 0 Å². The summed E-state index contributed by atoms with van der Waals surface area (Å²) in [6, 6.07) is 13.3. The molecule has 1 aliphatic carbocycles. The summed E-state index contributed by atoms with van der Waals surface area (Å²) in [5.41, 5.74) is 2.63. The van der Waals surface area contributed by atoms with Crippen LogP contribution < -0.4 is 10.1 Å². The second kappa shape index (κ2) is 6.27. The van der Waals surface area contributed by atoms with Gasteiger partial charge in [-0.3, -0.25) is 4.98 Å². The fraction of sp³-hybridized carbons (Fsp3) is 0.389. The van der Waals surface area contributed by atoms with Gasteiger partial charge in [0.05, 0.1) is 7.11 Å². The van der Waals surface area contributed by atoms with Crippen LogP contribution in [0.25, 0.3) is 0 Å². The van der Waals surface area contributed by atoms with E-state index < -0.39 is 0 Å². The first-order valence-corrected chi connectivity index (χ1v) is 7.58. The van der Waals surface area contributed by atoms with E-state index in [-0.39, 0.29) is 0 Å². The highest BCUT2D eigenvalue weighted by molar-refractivity contribution is 5.30. The van der Waals surface area contributed by atoms with Gasteiger partial charge in [0.25, 0.3) is 0 Å². The summed E-state index contributed by atoms with van der Waals surface area (Å²) < 4.78 is 5.25. The molecule has 110 valence electrons. The van der Waals surface area contributed by atoms with E-state index in [2.05, 4.69) is 41.5 Å². The Balaban J connectivity index is 1.75. The van der Waals surface area contributed by atoms with E-state index in [0.717, 1.165) is 11.7 Å². The predicted molar refractivity (Wildman–Crippen MR) is 84.2 cm³/mol. The number of hydrogen-bond donors (Lipinski definition) is 1. The van der Waals surface area contributed by atoms with Crippen molar-refractivity contribution in [3.8, 4) is 5.75 Å². The standard InChI is InChI=1S/C18H22N2O/c1-13(14-9-11-19-12-10-14)20-18(15-3-4-15)16-5-7-17(21-2)8-6-16/h5-13,15,18,20H,3-4H2,1-2H3. The maximum Gasteiger partial charge on any atom is 0.118 e. The minimum absolute atomic E-state index is 0.320. The van der Waals surface area contributed by atoms with Gasteiger partial charge in [0.1, 0.15) is 5.75 Å². The van der Waals surface area contributed by atoms with Crippen LogP contribution in [0.1, 0.15) is 43.0 Å². The van der Waals surface area contributed by atoms with Crippen molar-refractivity contribution < 1.29 is 4.74 Å². The molecule has 1 saturated carbocycles. The van der Waals surface area contributed by atoms with Gasteiger partial charge in [-0.25, -0.2) is 0 Å². The third-order valence-electron chi connectivity index (χ3n) is 4.20. The summed E-state index contributed by atoms with van der Waals surface area (Å²) in [4.78, 5) is 4.09. The van der Waals surface area contributed by atoms with Crippen molar-refractivity contribution in [1.82, 2.24) is 10.3 Å². The van der Waals surface area contributed by atoms with Gasteiger partial charge in [0, 0.05) is 24.5 Å². The second-order valence-electron chi connectivity index (χ2n) is 5.76. The number of ether oxygens (including phenoxy) is 1. The first-order valence-electron chi connectivity index (χ1n) is 7.58. The van der Waals surface area contributed by atoms with Crippen molar-refractivity contribution in [3.63, 3.8) is 0 Å². The molecule has 2 atom stereocenters. The molecule has 1 N–H and O–H groups in total. The Morgan fingerprint density at radius 2 is 1.71 bits per heavy atom. The first-order chi connectivity index (χ1) is 10.3. The first kappa shape index (κ1) is 14.1. The van der Waals surface area contributed by atoms with Crippen LogP contribution in [0.4, 0.5) is 0 Å². The number of rotatable bonds is 6. The molecule has 3 heteroatoms. The van der Waals surface area contributed by atoms with Crippen LogP contribution in [0, 0.1) is 5.92 Å². The Hall–Kier alpha value is -1.87. The lowest BCUT2D eigenvalue weighted by Gasteiger charge is -2.24. The SMILES string of the molecule is COc1ccc(C(NC(C)c2ccncc2)C2CC2)cc1. The molecule has 3 rings (SSSR count). The van der Waals surface area contributed by atoms with Crippen LogP contribution in [0.15, 0.2) is 48.8 Å². The van der Waals surface area contributed by atoms with E-state index in [4.69, 9.17) is 4.74 Å².